The second kappa shape index (κ2) is 9.86. The Morgan fingerprint density at radius 2 is 1.86 bits per heavy atom. The molecule has 0 spiro atoms. The lowest BCUT2D eigenvalue weighted by molar-refractivity contribution is -0.152. The highest BCUT2D eigenvalue weighted by Crippen LogP contribution is 2.52. The van der Waals surface area contributed by atoms with E-state index in [-0.39, 0.29) is 43.0 Å². The van der Waals surface area contributed by atoms with Gasteiger partial charge in [-0.1, -0.05) is 42.5 Å². The van der Waals surface area contributed by atoms with E-state index < -0.39 is 47.2 Å². The molecule has 2 saturated heterocycles. The number of para-hydroxylation sites is 1. The number of ether oxygens (including phenoxy) is 1. The molecule has 2 aliphatic heterocycles. The summed E-state index contributed by atoms with van der Waals surface area (Å²) in [7, 11) is 1.38. The minimum atomic E-state index is -1.82. The minimum absolute atomic E-state index is 0.00124. The summed E-state index contributed by atoms with van der Waals surface area (Å²) in [6, 6.07) is 11.9. The van der Waals surface area contributed by atoms with Gasteiger partial charge in [-0.2, -0.15) is 0 Å². The smallest absolute Gasteiger partial charge is 0.324 e. The first-order valence-corrected chi connectivity index (χ1v) is 11.5. The fraction of sp³-hybridized carbons (Fsp3) is 0.360. The Kier molecular flexibility index (Phi) is 6.84. The summed E-state index contributed by atoms with van der Waals surface area (Å²) in [4.78, 5) is 52.3. The van der Waals surface area contributed by atoms with E-state index in [0.717, 1.165) is 10.5 Å². The van der Waals surface area contributed by atoms with Crippen LogP contribution in [0.5, 0.6) is 11.5 Å². The molecule has 2 fully saturated rings. The van der Waals surface area contributed by atoms with Crippen LogP contribution < -0.4 is 21.1 Å². The predicted octanol–water partition coefficient (Wildman–Crippen LogP) is 1.12. The lowest BCUT2D eigenvalue weighted by Gasteiger charge is -2.31. The number of carboxylic acid groups (broad SMARTS) is 1. The van der Waals surface area contributed by atoms with E-state index in [2.05, 4.69) is 10.6 Å². The van der Waals surface area contributed by atoms with Crippen molar-refractivity contribution in [3.05, 3.63) is 59.7 Å². The predicted molar refractivity (Wildman–Crippen MR) is 127 cm³/mol. The normalized spacial score (nSPS) is 25.0. The number of fused-ring (bicyclic) bond motifs is 1. The molecular formula is C25H28N4O7. The molecular weight excluding hydrogens is 468 g/mol. The average Bonchev–Trinajstić information content (AvgIpc) is 3.32. The molecule has 2 heterocycles. The molecule has 0 radical (unpaired) electrons. The minimum Gasteiger partial charge on any atom is -0.504 e. The number of nitrogens with two attached hydrogens (primary N) is 1. The summed E-state index contributed by atoms with van der Waals surface area (Å²) < 4.78 is 5.20. The van der Waals surface area contributed by atoms with Gasteiger partial charge in [-0.3, -0.25) is 24.6 Å². The van der Waals surface area contributed by atoms with Crippen LogP contribution in [0.1, 0.15) is 30.0 Å². The van der Waals surface area contributed by atoms with E-state index in [1.807, 2.05) is 6.07 Å². The number of likely N-dealkylation sites (tertiary alicyclic amines) is 1. The number of hydrogen-bond acceptors (Lipinski definition) is 7. The number of carbonyl (C=O) groups is 4. The van der Waals surface area contributed by atoms with E-state index in [1.54, 1.807) is 36.4 Å². The van der Waals surface area contributed by atoms with E-state index in [0.29, 0.717) is 0 Å². The maximum absolute atomic E-state index is 13.7. The monoisotopic (exact) mass is 496 g/mol. The Morgan fingerprint density at radius 1 is 1.14 bits per heavy atom. The van der Waals surface area contributed by atoms with Crippen molar-refractivity contribution in [3.8, 4) is 11.5 Å². The van der Waals surface area contributed by atoms with Crippen LogP contribution in [-0.4, -0.2) is 58.1 Å². The molecule has 2 aromatic carbocycles. The highest BCUT2D eigenvalue weighted by atomic mass is 16.5. The number of methoxy groups -OCH3 is 1. The number of nitrogens with zero attached hydrogens (tertiary/aromatic N) is 1. The molecule has 11 heteroatoms. The molecule has 0 aromatic heterocycles. The van der Waals surface area contributed by atoms with Gasteiger partial charge in [-0.05, 0) is 24.5 Å². The molecule has 11 nitrogen and oxygen atoms in total. The highest BCUT2D eigenvalue weighted by Gasteiger charge is 2.68. The van der Waals surface area contributed by atoms with E-state index >= 15 is 0 Å². The van der Waals surface area contributed by atoms with E-state index in [1.165, 1.54) is 13.2 Å². The van der Waals surface area contributed by atoms with Gasteiger partial charge in [0.2, 0.25) is 11.8 Å². The first-order chi connectivity index (χ1) is 17.2. The summed E-state index contributed by atoms with van der Waals surface area (Å²) in [5.74, 6) is -4.81. The Hall–Kier alpha value is -4.12. The zero-order chi connectivity index (χ0) is 26.0. The summed E-state index contributed by atoms with van der Waals surface area (Å²) in [5, 5.41) is 26.6. The largest absolute Gasteiger partial charge is 0.504 e. The molecule has 4 atom stereocenters. The molecule has 4 amide bonds. The van der Waals surface area contributed by atoms with Crippen molar-refractivity contribution in [3.63, 3.8) is 0 Å². The summed E-state index contributed by atoms with van der Waals surface area (Å²) in [5.41, 5.74) is 4.27. The number of amides is 4. The number of hydrogen-bond donors (Lipinski definition) is 5. The van der Waals surface area contributed by atoms with Crippen LogP contribution in [0.2, 0.25) is 0 Å². The Bertz CT molecular complexity index is 1190. The van der Waals surface area contributed by atoms with E-state index in [9.17, 15) is 29.4 Å². The summed E-state index contributed by atoms with van der Waals surface area (Å²) in [6.07, 6.45) is 0.117. The number of carboxylic acids is 1. The van der Waals surface area contributed by atoms with Crippen molar-refractivity contribution in [1.82, 2.24) is 15.5 Å². The number of primary amides is 1. The van der Waals surface area contributed by atoms with Gasteiger partial charge in [0.15, 0.2) is 11.5 Å². The van der Waals surface area contributed by atoms with Crippen molar-refractivity contribution in [1.29, 1.82) is 0 Å². The SMILES string of the molecule is COc1cccc(C2NC(CCCNC(N)=O)(C(=O)O)C3C(=O)N(Cc4ccccc4)C(=O)C23)c1O. The topological polar surface area (TPSA) is 171 Å². The summed E-state index contributed by atoms with van der Waals surface area (Å²) in [6.45, 7) is 0.0929. The van der Waals surface area contributed by atoms with Crippen LogP contribution >= 0.6 is 0 Å². The third-order valence-electron chi connectivity index (χ3n) is 6.94. The van der Waals surface area contributed by atoms with Crippen molar-refractivity contribution < 1.29 is 34.1 Å². The van der Waals surface area contributed by atoms with Gasteiger partial charge >= 0.3 is 12.0 Å². The lowest BCUT2D eigenvalue weighted by Crippen LogP contribution is -2.56. The first kappa shape index (κ1) is 25.0. The van der Waals surface area contributed by atoms with Crippen LogP contribution in [0.15, 0.2) is 48.5 Å². The molecule has 0 saturated carbocycles. The number of carbonyl (C=O) groups excluding carboxylic acids is 3. The van der Waals surface area contributed by atoms with Gasteiger partial charge < -0.3 is 26.0 Å². The highest BCUT2D eigenvalue weighted by molar-refractivity contribution is 6.09. The maximum Gasteiger partial charge on any atom is 0.324 e. The van der Waals surface area contributed by atoms with Gasteiger partial charge in [-0.15, -0.1) is 0 Å². The molecule has 190 valence electrons. The molecule has 0 aliphatic carbocycles. The summed E-state index contributed by atoms with van der Waals surface area (Å²) >= 11 is 0. The van der Waals surface area contributed by atoms with Crippen LogP contribution in [0, 0.1) is 11.8 Å². The standard InChI is InChI=1S/C25H28N4O7/c1-36-16-10-5-9-15(20(16)30)19-17-18(25(28-19,23(33)34)11-6-12-27-24(26)35)22(32)29(21(17)31)13-14-7-3-2-4-8-14/h2-5,7-10,17-19,28,30H,6,11-13H2,1H3,(H,33,34)(H3,26,27,35). The molecule has 2 aromatic rings. The van der Waals surface area contributed by atoms with E-state index in [4.69, 9.17) is 10.5 Å². The first-order valence-electron chi connectivity index (χ1n) is 11.5. The van der Waals surface area contributed by atoms with Crippen LogP contribution in [0.25, 0.3) is 0 Å². The van der Waals surface area contributed by atoms with Crippen molar-refractivity contribution in [2.45, 2.75) is 31.0 Å². The van der Waals surface area contributed by atoms with Gasteiger partial charge in [-0.25, -0.2) is 4.79 Å². The number of benzene rings is 2. The number of aliphatic carboxylic acids is 1. The molecule has 36 heavy (non-hydrogen) atoms. The number of phenols is 1. The fourth-order valence-corrected chi connectivity index (χ4v) is 5.32. The number of urea groups is 1. The second-order valence-electron chi connectivity index (χ2n) is 8.94. The second-order valence-corrected chi connectivity index (χ2v) is 8.94. The Morgan fingerprint density at radius 3 is 2.50 bits per heavy atom. The number of imide groups is 1. The fourth-order valence-electron chi connectivity index (χ4n) is 5.32. The van der Waals surface area contributed by atoms with Gasteiger partial charge in [0.05, 0.1) is 25.5 Å². The molecule has 2 aliphatic rings. The van der Waals surface area contributed by atoms with Crippen LogP contribution in [0.4, 0.5) is 4.79 Å². The van der Waals surface area contributed by atoms with Crippen molar-refractivity contribution >= 4 is 23.8 Å². The third-order valence-corrected chi connectivity index (χ3v) is 6.94. The number of aromatic hydroxyl groups is 1. The average molecular weight is 497 g/mol. The molecule has 0 bridgehead atoms. The number of rotatable bonds is 9. The zero-order valence-corrected chi connectivity index (χ0v) is 19.6. The van der Waals surface area contributed by atoms with Crippen molar-refractivity contribution in [2.75, 3.05) is 13.7 Å². The quantitative estimate of drug-likeness (QED) is 0.254. The Balaban J connectivity index is 1.76. The van der Waals surface area contributed by atoms with Gasteiger partial charge in [0.25, 0.3) is 0 Å². The lowest BCUT2D eigenvalue weighted by atomic mass is 9.77. The van der Waals surface area contributed by atoms with Crippen molar-refractivity contribution in [2.24, 2.45) is 17.6 Å². The van der Waals surface area contributed by atoms with Crippen LogP contribution in [-0.2, 0) is 20.9 Å². The zero-order valence-electron chi connectivity index (χ0n) is 19.6. The number of phenolic OH excluding ortho intramolecular Hbond substituents is 1. The molecule has 6 N–H and O–H groups in total. The van der Waals surface area contributed by atoms with Gasteiger partial charge in [0.1, 0.15) is 5.54 Å². The third kappa shape index (κ3) is 4.22. The molecule has 4 rings (SSSR count). The van der Waals surface area contributed by atoms with Crippen LogP contribution in [0.3, 0.4) is 0 Å². The molecule has 4 unspecified atom stereocenters. The Labute approximate surface area is 207 Å². The maximum atomic E-state index is 13.7. The number of nitrogens with one attached hydrogen (secondary N) is 2. The van der Waals surface area contributed by atoms with Gasteiger partial charge in [0, 0.05) is 18.2 Å².